The Morgan fingerprint density at radius 1 is 0.806 bits per heavy atom. The zero-order valence-corrected chi connectivity index (χ0v) is 16.5. The molecule has 0 saturated heterocycles. The Bertz CT molecular complexity index is 1250. The number of nitro benzene ring substituents is 1. The molecule has 0 aliphatic carbocycles. The van der Waals surface area contributed by atoms with Gasteiger partial charge in [0.1, 0.15) is 11.5 Å². The van der Waals surface area contributed by atoms with Crippen LogP contribution in [0.1, 0.15) is 28.2 Å². The highest BCUT2D eigenvalue weighted by Crippen LogP contribution is 2.47. The van der Waals surface area contributed by atoms with Gasteiger partial charge >= 0.3 is 0 Å². The Morgan fingerprint density at radius 3 is 2.10 bits per heavy atom. The van der Waals surface area contributed by atoms with Gasteiger partial charge in [-0.1, -0.05) is 60.7 Å². The Hall–Kier alpha value is -4.25. The third kappa shape index (κ3) is 3.69. The lowest BCUT2D eigenvalue weighted by Crippen LogP contribution is -2.11. The molecule has 5 nitrogen and oxygen atoms in total. The molecule has 1 aliphatic rings. The fourth-order valence-electron chi connectivity index (χ4n) is 3.89. The standard InChI is InChI=1S/C26H18N2O3/c29-28(30)21-7-5-6-18(16-21)17-27-20-14-12-19(13-15-20)26-22-8-1-3-10-24(22)31-25-11-4-2-9-23(25)26/h1-17,26H. The summed E-state index contributed by atoms with van der Waals surface area (Å²) in [5.41, 5.74) is 4.94. The van der Waals surface area contributed by atoms with Crippen LogP contribution in [0.25, 0.3) is 0 Å². The lowest BCUT2D eigenvalue weighted by atomic mass is 9.83. The van der Waals surface area contributed by atoms with Crippen LogP contribution < -0.4 is 4.74 Å². The molecular weight excluding hydrogens is 388 g/mol. The van der Waals surface area contributed by atoms with Gasteiger partial charge in [-0.25, -0.2) is 0 Å². The Balaban J connectivity index is 1.46. The maximum atomic E-state index is 10.9. The molecule has 0 aromatic heterocycles. The Labute approximate surface area is 179 Å². The van der Waals surface area contributed by atoms with Gasteiger partial charge in [0, 0.05) is 35.4 Å². The van der Waals surface area contributed by atoms with Crippen LogP contribution in [0.15, 0.2) is 102 Å². The molecule has 0 N–H and O–H groups in total. The number of para-hydroxylation sites is 2. The van der Waals surface area contributed by atoms with E-state index in [0.29, 0.717) is 5.56 Å². The van der Waals surface area contributed by atoms with E-state index < -0.39 is 4.92 Å². The largest absolute Gasteiger partial charge is 0.457 e. The van der Waals surface area contributed by atoms with E-state index in [1.807, 2.05) is 48.5 Å². The van der Waals surface area contributed by atoms with Crippen molar-refractivity contribution in [3.8, 4) is 11.5 Å². The van der Waals surface area contributed by atoms with E-state index >= 15 is 0 Å². The molecule has 0 fully saturated rings. The van der Waals surface area contributed by atoms with Crippen molar-refractivity contribution in [1.29, 1.82) is 0 Å². The molecule has 1 aliphatic heterocycles. The summed E-state index contributed by atoms with van der Waals surface area (Å²) in [6.07, 6.45) is 1.64. The molecule has 0 unspecified atom stereocenters. The highest BCUT2D eigenvalue weighted by Gasteiger charge is 2.27. The molecule has 0 spiro atoms. The van der Waals surface area contributed by atoms with Crippen LogP contribution in [-0.4, -0.2) is 11.1 Å². The molecule has 0 saturated carbocycles. The minimum Gasteiger partial charge on any atom is -0.457 e. The van der Waals surface area contributed by atoms with E-state index in [1.54, 1.807) is 18.3 Å². The van der Waals surface area contributed by atoms with Crippen LogP contribution in [0.2, 0.25) is 0 Å². The number of hydrogen-bond donors (Lipinski definition) is 0. The molecule has 31 heavy (non-hydrogen) atoms. The first kappa shape index (κ1) is 18.8. The fraction of sp³-hybridized carbons (Fsp3) is 0.0385. The molecule has 4 aromatic carbocycles. The van der Waals surface area contributed by atoms with Crippen molar-refractivity contribution in [1.82, 2.24) is 0 Å². The average Bonchev–Trinajstić information content (AvgIpc) is 2.82. The van der Waals surface area contributed by atoms with Crippen molar-refractivity contribution in [2.24, 2.45) is 4.99 Å². The lowest BCUT2D eigenvalue weighted by molar-refractivity contribution is -0.384. The number of benzene rings is 4. The second kappa shape index (κ2) is 7.88. The first-order valence-electron chi connectivity index (χ1n) is 9.93. The average molecular weight is 406 g/mol. The van der Waals surface area contributed by atoms with E-state index in [1.165, 1.54) is 12.1 Å². The summed E-state index contributed by atoms with van der Waals surface area (Å²) in [4.78, 5) is 15.0. The predicted molar refractivity (Wildman–Crippen MR) is 121 cm³/mol. The van der Waals surface area contributed by atoms with E-state index in [2.05, 4.69) is 29.3 Å². The van der Waals surface area contributed by atoms with Gasteiger partial charge in [-0.05, 0) is 35.4 Å². The summed E-state index contributed by atoms with van der Waals surface area (Å²) in [7, 11) is 0. The highest BCUT2D eigenvalue weighted by molar-refractivity contribution is 5.82. The number of nitro groups is 1. The van der Waals surface area contributed by atoms with Gasteiger partial charge in [-0.3, -0.25) is 15.1 Å². The van der Waals surface area contributed by atoms with Crippen molar-refractivity contribution < 1.29 is 9.66 Å². The van der Waals surface area contributed by atoms with Crippen LogP contribution in [0, 0.1) is 10.1 Å². The predicted octanol–water partition coefficient (Wildman–Crippen LogP) is 6.63. The third-order valence-electron chi connectivity index (χ3n) is 5.35. The number of aliphatic imine (C=N–C) groups is 1. The van der Waals surface area contributed by atoms with Crippen LogP contribution in [0.3, 0.4) is 0 Å². The maximum absolute atomic E-state index is 10.9. The first-order chi connectivity index (χ1) is 15.2. The number of non-ortho nitro benzene ring substituents is 1. The van der Waals surface area contributed by atoms with Gasteiger partial charge in [0.05, 0.1) is 10.6 Å². The molecule has 0 bridgehead atoms. The van der Waals surface area contributed by atoms with Gasteiger partial charge in [0.2, 0.25) is 0 Å². The number of hydrogen-bond acceptors (Lipinski definition) is 4. The molecule has 4 aromatic rings. The van der Waals surface area contributed by atoms with E-state index in [-0.39, 0.29) is 11.6 Å². The summed E-state index contributed by atoms with van der Waals surface area (Å²) in [6.45, 7) is 0. The minimum absolute atomic E-state index is 0.0520. The second-order valence-electron chi connectivity index (χ2n) is 7.31. The van der Waals surface area contributed by atoms with Crippen LogP contribution in [0.4, 0.5) is 11.4 Å². The van der Waals surface area contributed by atoms with E-state index in [9.17, 15) is 10.1 Å². The molecule has 0 amide bonds. The second-order valence-corrected chi connectivity index (χ2v) is 7.31. The Morgan fingerprint density at radius 2 is 1.45 bits per heavy atom. The van der Waals surface area contributed by atoms with E-state index in [4.69, 9.17) is 4.74 Å². The van der Waals surface area contributed by atoms with Crippen molar-refractivity contribution in [3.05, 3.63) is 129 Å². The molecule has 150 valence electrons. The number of ether oxygens (including phenoxy) is 1. The zero-order chi connectivity index (χ0) is 21.2. The fourth-order valence-corrected chi connectivity index (χ4v) is 3.89. The number of rotatable bonds is 4. The van der Waals surface area contributed by atoms with Gasteiger partial charge in [0.25, 0.3) is 5.69 Å². The summed E-state index contributed by atoms with van der Waals surface area (Å²) >= 11 is 0. The summed E-state index contributed by atoms with van der Waals surface area (Å²) in [6, 6.07) is 30.7. The van der Waals surface area contributed by atoms with Crippen LogP contribution in [0.5, 0.6) is 11.5 Å². The number of fused-ring (bicyclic) bond motifs is 2. The quantitative estimate of drug-likeness (QED) is 0.191. The molecule has 1 heterocycles. The Kier molecular flexibility index (Phi) is 4.77. The molecular formula is C26H18N2O3. The normalized spacial score (nSPS) is 12.8. The molecule has 0 atom stereocenters. The first-order valence-corrected chi connectivity index (χ1v) is 9.93. The summed E-state index contributed by atoms with van der Waals surface area (Å²) < 4.78 is 6.10. The lowest BCUT2D eigenvalue weighted by Gasteiger charge is -2.28. The zero-order valence-electron chi connectivity index (χ0n) is 16.5. The topological polar surface area (TPSA) is 64.7 Å². The van der Waals surface area contributed by atoms with Crippen molar-refractivity contribution >= 4 is 17.6 Å². The highest BCUT2D eigenvalue weighted by atomic mass is 16.6. The van der Waals surface area contributed by atoms with Gasteiger partial charge < -0.3 is 4.74 Å². The van der Waals surface area contributed by atoms with Crippen molar-refractivity contribution in [2.75, 3.05) is 0 Å². The smallest absolute Gasteiger partial charge is 0.270 e. The summed E-state index contributed by atoms with van der Waals surface area (Å²) in [5, 5.41) is 10.9. The van der Waals surface area contributed by atoms with Crippen molar-refractivity contribution in [2.45, 2.75) is 5.92 Å². The van der Waals surface area contributed by atoms with Crippen LogP contribution in [-0.2, 0) is 0 Å². The summed E-state index contributed by atoms with van der Waals surface area (Å²) in [5.74, 6) is 1.83. The molecule has 5 rings (SSSR count). The van der Waals surface area contributed by atoms with Crippen molar-refractivity contribution in [3.63, 3.8) is 0 Å². The van der Waals surface area contributed by atoms with Gasteiger partial charge in [-0.2, -0.15) is 0 Å². The maximum Gasteiger partial charge on any atom is 0.270 e. The number of nitrogens with zero attached hydrogens (tertiary/aromatic N) is 2. The molecule has 5 heteroatoms. The van der Waals surface area contributed by atoms with E-state index in [0.717, 1.165) is 33.9 Å². The minimum atomic E-state index is -0.407. The third-order valence-corrected chi connectivity index (χ3v) is 5.35. The molecule has 0 radical (unpaired) electrons. The monoisotopic (exact) mass is 406 g/mol. The van der Waals surface area contributed by atoms with Gasteiger partial charge in [0.15, 0.2) is 0 Å². The van der Waals surface area contributed by atoms with Gasteiger partial charge in [-0.15, -0.1) is 0 Å². The SMILES string of the molecule is O=[N+]([O-])c1cccc(C=Nc2ccc(C3c4ccccc4Oc4ccccc43)cc2)c1. The van der Waals surface area contributed by atoms with Crippen LogP contribution >= 0.6 is 0 Å².